The lowest BCUT2D eigenvalue weighted by Crippen LogP contribution is -2.14. The van der Waals surface area contributed by atoms with Crippen LogP contribution in [0.5, 0.6) is 0 Å². The van der Waals surface area contributed by atoms with Gasteiger partial charge < -0.3 is 10.6 Å². The van der Waals surface area contributed by atoms with E-state index in [0.29, 0.717) is 6.54 Å². The van der Waals surface area contributed by atoms with Gasteiger partial charge in [-0.25, -0.2) is 0 Å². The van der Waals surface area contributed by atoms with E-state index in [1.54, 1.807) is 11.8 Å². The Morgan fingerprint density at radius 1 is 1.06 bits per heavy atom. The Labute approximate surface area is 113 Å². The molecule has 3 heteroatoms. The molecule has 0 fully saturated rings. The van der Waals surface area contributed by atoms with Crippen LogP contribution < -0.4 is 10.6 Å². The number of nitrogens with zero attached hydrogens (tertiary/aromatic N) is 1. The van der Waals surface area contributed by atoms with Crippen LogP contribution in [0, 0.1) is 0 Å². The standard InChI is InChI=1S/C15H18N2S/c1-17(12-7-4-3-5-8-12)14-9-6-10-15(18-2)13(14)11-16/h3-10H,11,16H2,1-2H3. The van der Waals surface area contributed by atoms with E-state index in [4.69, 9.17) is 5.73 Å². The number of rotatable bonds is 4. The van der Waals surface area contributed by atoms with Crippen LogP contribution in [0.25, 0.3) is 0 Å². The molecule has 0 aliphatic heterocycles. The highest BCUT2D eigenvalue weighted by atomic mass is 32.2. The van der Waals surface area contributed by atoms with Gasteiger partial charge >= 0.3 is 0 Å². The molecule has 0 aliphatic carbocycles. The first-order valence-corrected chi connectivity index (χ1v) is 7.15. The molecule has 0 unspecified atom stereocenters. The van der Waals surface area contributed by atoms with E-state index in [9.17, 15) is 0 Å². The van der Waals surface area contributed by atoms with E-state index in [2.05, 4.69) is 48.5 Å². The van der Waals surface area contributed by atoms with Crippen LogP contribution in [-0.4, -0.2) is 13.3 Å². The molecule has 0 heterocycles. The maximum atomic E-state index is 5.90. The van der Waals surface area contributed by atoms with Crippen molar-refractivity contribution in [2.45, 2.75) is 11.4 Å². The van der Waals surface area contributed by atoms with Gasteiger partial charge in [0, 0.05) is 35.4 Å². The van der Waals surface area contributed by atoms with Gasteiger partial charge in [0.2, 0.25) is 0 Å². The van der Waals surface area contributed by atoms with Crippen LogP contribution in [0.2, 0.25) is 0 Å². The summed E-state index contributed by atoms with van der Waals surface area (Å²) in [6, 6.07) is 16.7. The van der Waals surface area contributed by atoms with Gasteiger partial charge in [-0.15, -0.1) is 11.8 Å². The van der Waals surface area contributed by atoms with E-state index >= 15 is 0 Å². The first-order valence-electron chi connectivity index (χ1n) is 5.92. The molecule has 2 nitrogen and oxygen atoms in total. The molecule has 2 N–H and O–H groups in total. The van der Waals surface area contributed by atoms with Crippen molar-refractivity contribution in [1.82, 2.24) is 0 Å². The van der Waals surface area contributed by atoms with Crippen molar-refractivity contribution in [3.63, 3.8) is 0 Å². The molecule has 0 amide bonds. The third kappa shape index (κ3) is 2.52. The summed E-state index contributed by atoms with van der Waals surface area (Å²) >= 11 is 1.74. The van der Waals surface area contributed by atoms with Crippen molar-refractivity contribution in [1.29, 1.82) is 0 Å². The van der Waals surface area contributed by atoms with Crippen molar-refractivity contribution < 1.29 is 0 Å². The van der Waals surface area contributed by atoms with Crippen molar-refractivity contribution in [2.75, 3.05) is 18.2 Å². The van der Waals surface area contributed by atoms with Gasteiger partial charge in [0.05, 0.1) is 0 Å². The normalized spacial score (nSPS) is 10.4. The van der Waals surface area contributed by atoms with Crippen LogP contribution in [0.3, 0.4) is 0 Å². The van der Waals surface area contributed by atoms with Gasteiger partial charge in [0.25, 0.3) is 0 Å². The Balaban J connectivity index is 2.45. The fraction of sp³-hybridized carbons (Fsp3) is 0.200. The minimum Gasteiger partial charge on any atom is -0.344 e. The van der Waals surface area contributed by atoms with E-state index in [-0.39, 0.29) is 0 Å². The first-order chi connectivity index (χ1) is 8.77. The van der Waals surface area contributed by atoms with Crippen molar-refractivity contribution in [3.05, 3.63) is 54.1 Å². The van der Waals surface area contributed by atoms with E-state index in [0.717, 1.165) is 0 Å². The van der Waals surface area contributed by atoms with Crippen molar-refractivity contribution in [3.8, 4) is 0 Å². The molecule has 2 aromatic rings. The maximum Gasteiger partial charge on any atom is 0.0464 e. The number of nitrogens with two attached hydrogens (primary N) is 1. The number of hydrogen-bond donors (Lipinski definition) is 1. The summed E-state index contributed by atoms with van der Waals surface area (Å²) in [5.74, 6) is 0. The van der Waals surface area contributed by atoms with Crippen molar-refractivity contribution in [2.24, 2.45) is 5.73 Å². The zero-order chi connectivity index (χ0) is 13.0. The zero-order valence-electron chi connectivity index (χ0n) is 10.8. The second-order valence-corrected chi connectivity index (χ2v) is 4.90. The Bertz CT molecular complexity index is 511. The van der Waals surface area contributed by atoms with Crippen LogP contribution in [0.1, 0.15) is 5.56 Å². The Morgan fingerprint density at radius 2 is 1.78 bits per heavy atom. The number of benzene rings is 2. The molecule has 0 spiro atoms. The summed E-state index contributed by atoms with van der Waals surface area (Å²) in [5.41, 5.74) is 9.46. The van der Waals surface area contributed by atoms with E-state index in [1.165, 1.54) is 21.8 Å². The summed E-state index contributed by atoms with van der Waals surface area (Å²) in [5, 5.41) is 0. The smallest absolute Gasteiger partial charge is 0.0464 e. The average Bonchev–Trinajstić information content (AvgIpc) is 2.46. The molecule has 0 atom stereocenters. The van der Waals surface area contributed by atoms with Gasteiger partial charge in [0.15, 0.2) is 0 Å². The molecular formula is C15H18N2S. The molecule has 0 aromatic heterocycles. The number of hydrogen-bond acceptors (Lipinski definition) is 3. The topological polar surface area (TPSA) is 29.3 Å². The number of anilines is 2. The number of para-hydroxylation sites is 1. The van der Waals surface area contributed by atoms with Gasteiger partial charge in [-0.3, -0.25) is 0 Å². The Kier molecular flexibility index (Phi) is 4.28. The highest BCUT2D eigenvalue weighted by molar-refractivity contribution is 7.98. The summed E-state index contributed by atoms with van der Waals surface area (Å²) in [6.07, 6.45) is 2.08. The minimum atomic E-state index is 0.559. The van der Waals surface area contributed by atoms with Gasteiger partial charge in [-0.1, -0.05) is 24.3 Å². The van der Waals surface area contributed by atoms with E-state index < -0.39 is 0 Å². The quantitative estimate of drug-likeness (QED) is 0.849. The highest BCUT2D eigenvalue weighted by Crippen LogP contribution is 2.32. The molecule has 0 radical (unpaired) electrons. The molecule has 0 saturated heterocycles. The lowest BCUT2D eigenvalue weighted by molar-refractivity contribution is 1.01. The second kappa shape index (κ2) is 5.94. The second-order valence-electron chi connectivity index (χ2n) is 4.06. The van der Waals surface area contributed by atoms with Crippen LogP contribution in [-0.2, 0) is 6.54 Å². The summed E-state index contributed by atoms with van der Waals surface area (Å²) in [7, 11) is 2.08. The molecule has 2 aromatic carbocycles. The van der Waals surface area contributed by atoms with Gasteiger partial charge in [0.1, 0.15) is 0 Å². The maximum absolute atomic E-state index is 5.90. The predicted octanol–water partition coefficient (Wildman–Crippen LogP) is 3.64. The molecule has 18 heavy (non-hydrogen) atoms. The lowest BCUT2D eigenvalue weighted by Gasteiger charge is -2.23. The van der Waals surface area contributed by atoms with Crippen molar-refractivity contribution >= 4 is 23.1 Å². The predicted molar refractivity (Wildman–Crippen MR) is 80.6 cm³/mol. The molecule has 0 aliphatic rings. The molecule has 2 rings (SSSR count). The van der Waals surface area contributed by atoms with Crippen LogP contribution in [0.4, 0.5) is 11.4 Å². The molecule has 94 valence electrons. The fourth-order valence-corrected chi connectivity index (χ4v) is 2.70. The monoisotopic (exact) mass is 258 g/mol. The Hall–Kier alpha value is -1.45. The van der Waals surface area contributed by atoms with Gasteiger partial charge in [-0.2, -0.15) is 0 Å². The molecule has 0 saturated carbocycles. The largest absolute Gasteiger partial charge is 0.344 e. The highest BCUT2D eigenvalue weighted by Gasteiger charge is 2.11. The average molecular weight is 258 g/mol. The Morgan fingerprint density at radius 3 is 2.39 bits per heavy atom. The third-order valence-corrected chi connectivity index (χ3v) is 3.86. The molecular weight excluding hydrogens is 240 g/mol. The lowest BCUT2D eigenvalue weighted by atomic mass is 10.1. The number of thioether (sulfide) groups is 1. The third-order valence-electron chi connectivity index (χ3n) is 3.04. The summed E-state index contributed by atoms with van der Waals surface area (Å²) in [6.45, 7) is 0.559. The minimum absolute atomic E-state index is 0.559. The SMILES string of the molecule is CSc1cccc(N(C)c2ccccc2)c1CN. The first kappa shape index (κ1) is 13.0. The molecule has 0 bridgehead atoms. The van der Waals surface area contributed by atoms with Crippen LogP contribution in [0.15, 0.2) is 53.4 Å². The van der Waals surface area contributed by atoms with E-state index in [1.807, 2.05) is 18.2 Å². The van der Waals surface area contributed by atoms with Crippen LogP contribution >= 0.6 is 11.8 Å². The summed E-state index contributed by atoms with van der Waals surface area (Å²) < 4.78 is 0. The fourth-order valence-electron chi connectivity index (χ4n) is 2.06. The summed E-state index contributed by atoms with van der Waals surface area (Å²) in [4.78, 5) is 3.43. The zero-order valence-corrected chi connectivity index (χ0v) is 11.6. The van der Waals surface area contributed by atoms with Gasteiger partial charge in [-0.05, 0) is 30.5 Å².